The summed E-state index contributed by atoms with van der Waals surface area (Å²) in [6.07, 6.45) is 0. The standard InChI is InChI=1S/C20H25N3S/c1-15-6-4-8-18(14-15)21-20(24)23-12-10-22(11-13-23)19-9-5-7-16(2)17(19)3/h4-9,14H,10-13H2,1-3H3,(H,21,24). The van der Waals surface area contributed by atoms with Crippen LogP contribution in [0.3, 0.4) is 0 Å². The second kappa shape index (κ2) is 7.22. The van der Waals surface area contributed by atoms with Gasteiger partial charge in [0.05, 0.1) is 0 Å². The number of thiocarbonyl (C=S) groups is 1. The summed E-state index contributed by atoms with van der Waals surface area (Å²) < 4.78 is 0. The van der Waals surface area contributed by atoms with Crippen molar-refractivity contribution in [2.45, 2.75) is 20.8 Å². The Kier molecular flexibility index (Phi) is 5.05. The minimum atomic E-state index is 0.821. The summed E-state index contributed by atoms with van der Waals surface area (Å²) in [5.41, 5.74) is 6.39. The van der Waals surface area contributed by atoms with Crippen molar-refractivity contribution in [3.63, 3.8) is 0 Å². The minimum absolute atomic E-state index is 0.821. The van der Waals surface area contributed by atoms with Crippen molar-refractivity contribution < 1.29 is 0 Å². The summed E-state index contributed by atoms with van der Waals surface area (Å²) in [6, 6.07) is 14.9. The molecule has 1 aliphatic heterocycles. The van der Waals surface area contributed by atoms with Gasteiger partial charge in [0.1, 0.15) is 0 Å². The Labute approximate surface area is 150 Å². The van der Waals surface area contributed by atoms with Crippen LogP contribution in [-0.2, 0) is 0 Å². The first-order chi connectivity index (χ1) is 11.5. The molecule has 0 amide bonds. The smallest absolute Gasteiger partial charge is 0.173 e. The zero-order valence-corrected chi connectivity index (χ0v) is 15.5. The van der Waals surface area contributed by atoms with Crippen LogP contribution in [0.1, 0.15) is 16.7 Å². The monoisotopic (exact) mass is 339 g/mol. The van der Waals surface area contributed by atoms with Crippen LogP contribution in [0.15, 0.2) is 42.5 Å². The van der Waals surface area contributed by atoms with E-state index in [-0.39, 0.29) is 0 Å². The number of benzene rings is 2. The summed E-state index contributed by atoms with van der Waals surface area (Å²) in [5, 5.41) is 4.19. The zero-order chi connectivity index (χ0) is 17.1. The van der Waals surface area contributed by atoms with Crippen molar-refractivity contribution >= 4 is 28.7 Å². The van der Waals surface area contributed by atoms with Crippen molar-refractivity contribution in [3.8, 4) is 0 Å². The number of hydrogen-bond acceptors (Lipinski definition) is 2. The van der Waals surface area contributed by atoms with Gasteiger partial charge in [-0.15, -0.1) is 0 Å². The van der Waals surface area contributed by atoms with Crippen molar-refractivity contribution in [1.82, 2.24) is 4.90 Å². The van der Waals surface area contributed by atoms with Gasteiger partial charge in [-0.1, -0.05) is 24.3 Å². The van der Waals surface area contributed by atoms with Crippen molar-refractivity contribution in [1.29, 1.82) is 0 Å². The summed E-state index contributed by atoms with van der Waals surface area (Å²) in [7, 11) is 0. The highest BCUT2D eigenvalue weighted by Gasteiger charge is 2.20. The lowest BCUT2D eigenvalue weighted by atomic mass is 10.1. The molecule has 1 saturated heterocycles. The Hall–Kier alpha value is -2.07. The number of piperazine rings is 1. The van der Waals surface area contributed by atoms with Crippen LogP contribution in [0.25, 0.3) is 0 Å². The van der Waals surface area contributed by atoms with Crippen molar-refractivity contribution in [2.75, 3.05) is 36.4 Å². The van der Waals surface area contributed by atoms with Gasteiger partial charge in [0.2, 0.25) is 0 Å². The molecule has 0 saturated carbocycles. The first-order valence-electron chi connectivity index (χ1n) is 8.48. The Balaban J connectivity index is 1.60. The van der Waals surface area contributed by atoms with E-state index in [1.54, 1.807) is 0 Å². The number of anilines is 2. The first-order valence-corrected chi connectivity index (χ1v) is 8.89. The highest BCUT2D eigenvalue weighted by Crippen LogP contribution is 2.24. The third-order valence-corrected chi connectivity index (χ3v) is 5.11. The molecule has 0 radical (unpaired) electrons. The number of hydrogen-bond donors (Lipinski definition) is 1. The van der Waals surface area contributed by atoms with E-state index in [0.717, 1.165) is 37.0 Å². The molecule has 0 spiro atoms. The second-order valence-electron chi connectivity index (χ2n) is 6.49. The summed E-state index contributed by atoms with van der Waals surface area (Å²) in [4.78, 5) is 4.73. The predicted molar refractivity (Wildman–Crippen MR) is 107 cm³/mol. The van der Waals surface area contributed by atoms with E-state index in [4.69, 9.17) is 12.2 Å². The van der Waals surface area contributed by atoms with E-state index in [1.807, 2.05) is 0 Å². The molecular formula is C20H25N3S. The Bertz CT molecular complexity index is 733. The van der Waals surface area contributed by atoms with Gasteiger partial charge in [0.25, 0.3) is 0 Å². The summed E-state index contributed by atoms with van der Waals surface area (Å²) in [5.74, 6) is 0. The molecule has 3 nitrogen and oxygen atoms in total. The molecule has 1 aliphatic rings. The second-order valence-corrected chi connectivity index (χ2v) is 6.88. The lowest BCUT2D eigenvalue weighted by Gasteiger charge is -2.38. The molecule has 1 fully saturated rings. The van der Waals surface area contributed by atoms with Crippen molar-refractivity contribution in [3.05, 3.63) is 59.2 Å². The maximum atomic E-state index is 5.60. The van der Waals surface area contributed by atoms with Gasteiger partial charge in [-0.3, -0.25) is 0 Å². The highest BCUT2D eigenvalue weighted by molar-refractivity contribution is 7.80. The van der Waals surface area contributed by atoms with Gasteiger partial charge in [0, 0.05) is 37.6 Å². The van der Waals surface area contributed by atoms with Crippen LogP contribution in [0.5, 0.6) is 0 Å². The average molecular weight is 340 g/mol. The molecule has 0 bridgehead atoms. The number of nitrogens with zero attached hydrogens (tertiary/aromatic N) is 2. The van der Waals surface area contributed by atoms with E-state index in [9.17, 15) is 0 Å². The van der Waals surface area contributed by atoms with Gasteiger partial charge >= 0.3 is 0 Å². The Morgan fingerprint density at radius 3 is 2.38 bits per heavy atom. The van der Waals surface area contributed by atoms with Crippen LogP contribution in [-0.4, -0.2) is 36.2 Å². The van der Waals surface area contributed by atoms with Gasteiger partial charge in [-0.2, -0.15) is 0 Å². The van der Waals surface area contributed by atoms with Gasteiger partial charge < -0.3 is 15.1 Å². The van der Waals surface area contributed by atoms with E-state index >= 15 is 0 Å². The fourth-order valence-corrected chi connectivity index (χ4v) is 3.45. The van der Waals surface area contributed by atoms with Crippen LogP contribution >= 0.6 is 12.2 Å². The number of rotatable bonds is 2. The van der Waals surface area contributed by atoms with E-state index < -0.39 is 0 Å². The van der Waals surface area contributed by atoms with E-state index in [0.29, 0.717) is 0 Å². The van der Waals surface area contributed by atoms with E-state index in [2.05, 4.69) is 78.4 Å². The fourth-order valence-electron chi connectivity index (χ4n) is 3.15. The van der Waals surface area contributed by atoms with Crippen LogP contribution in [0.4, 0.5) is 11.4 Å². The highest BCUT2D eigenvalue weighted by atomic mass is 32.1. The quantitative estimate of drug-likeness (QED) is 0.829. The molecule has 2 aromatic carbocycles. The van der Waals surface area contributed by atoms with Gasteiger partial charge in [-0.25, -0.2) is 0 Å². The van der Waals surface area contributed by atoms with Crippen LogP contribution < -0.4 is 10.2 Å². The molecule has 3 rings (SSSR count). The molecule has 0 aliphatic carbocycles. The normalized spacial score (nSPS) is 14.6. The fraction of sp³-hybridized carbons (Fsp3) is 0.350. The van der Waals surface area contributed by atoms with Crippen molar-refractivity contribution in [2.24, 2.45) is 0 Å². The first kappa shape index (κ1) is 16.8. The third kappa shape index (κ3) is 3.70. The molecule has 1 heterocycles. The predicted octanol–water partition coefficient (Wildman–Crippen LogP) is 4.13. The maximum absolute atomic E-state index is 5.60. The Morgan fingerprint density at radius 1 is 0.958 bits per heavy atom. The largest absolute Gasteiger partial charge is 0.368 e. The SMILES string of the molecule is Cc1cccc(NC(=S)N2CCN(c3cccc(C)c3C)CC2)c1. The van der Waals surface area contributed by atoms with Gasteiger partial charge in [0.15, 0.2) is 5.11 Å². The van der Waals surface area contributed by atoms with Crippen LogP contribution in [0.2, 0.25) is 0 Å². The molecule has 126 valence electrons. The average Bonchev–Trinajstić information content (AvgIpc) is 2.57. The topological polar surface area (TPSA) is 18.5 Å². The zero-order valence-electron chi connectivity index (χ0n) is 14.7. The Morgan fingerprint density at radius 2 is 1.67 bits per heavy atom. The minimum Gasteiger partial charge on any atom is -0.368 e. The molecule has 4 heteroatoms. The molecule has 0 atom stereocenters. The summed E-state index contributed by atoms with van der Waals surface area (Å²) >= 11 is 5.60. The van der Waals surface area contributed by atoms with Crippen LogP contribution in [0, 0.1) is 20.8 Å². The van der Waals surface area contributed by atoms with E-state index in [1.165, 1.54) is 22.4 Å². The summed E-state index contributed by atoms with van der Waals surface area (Å²) in [6.45, 7) is 10.4. The van der Waals surface area contributed by atoms with Gasteiger partial charge in [-0.05, 0) is 67.9 Å². The lowest BCUT2D eigenvalue weighted by Crippen LogP contribution is -2.50. The molecule has 0 unspecified atom stereocenters. The molecule has 1 N–H and O–H groups in total. The molecular weight excluding hydrogens is 314 g/mol. The molecule has 2 aromatic rings. The molecule has 0 aromatic heterocycles. The number of aryl methyl sites for hydroxylation is 2. The number of nitrogens with one attached hydrogen (secondary N) is 1. The maximum Gasteiger partial charge on any atom is 0.173 e. The third-order valence-electron chi connectivity index (χ3n) is 4.75. The molecule has 24 heavy (non-hydrogen) atoms. The lowest BCUT2D eigenvalue weighted by molar-refractivity contribution is 0.390.